The van der Waals surface area contributed by atoms with Crippen LogP contribution in [0, 0.1) is 0 Å². The van der Waals surface area contributed by atoms with Crippen molar-refractivity contribution in [3.8, 4) is 5.75 Å². The van der Waals surface area contributed by atoms with Crippen molar-refractivity contribution < 1.29 is 9.53 Å². The zero-order valence-electron chi connectivity index (χ0n) is 11.1. The number of rotatable bonds is 7. The summed E-state index contributed by atoms with van der Waals surface area (Å²) in [7, 11) is 1.61. The topological polar surface area (TPSA) is 50.4 Å². The summed E-state index contributed by atoms with van der Waals surface area (Å²) in [5.74, 6) is 0.695. The molecule has 0 spiro atoms. The lowest BCUT2D eigenvalue weighted by Gasteiger charge is -2.12. The van der Waals surface area contributed by atoms with Gasteiger partial charge in [-0.05, 0) is 56.1 Å². The van der Waals surface area contributed by atoms with Crippen molar-refractivity contribution in [3.05, 3.63) is 26.6 Å². The highest BCUT2D eigenvalue weighted by Gasteiger charge is 2.09. The van der Waals surface area contributed by atoms with Crippen molar-refractivity contribution in [1.29, 1.82) is 0 Å². The van der Waals surface area contributed by atoms with Crippen LogP contribution in [0.4, 0.5) is 0 Å². The van der Waals surface area contributed by atoms with E-state index in [0.717, 1.165) is 27.8 Å². The number of carbonyl (C=O) groups excluding carboxylic acids is 1. The lowest BCUT2D eigenvalue weighted by molar-refractivity contribution is -0.121. The zero-order valence-corrected chi connectivity index (χ0v) is 14.2. The van der Waals surface area contributed by atoms with Gasteiger partial charge in [-0.1, -0.05) is 6.92 Å². The highest BCUT2D eigenvalue weighted by molar-refractivity contribution is 9.11. The summed E-state index contributed by atoms with van der Waals surface area (Å²) in [6.07, 6.45) is 0.342. The number of carbonyl (C=O) groups is 1. The van der Waals surface area contributed by atoms with Gasteiger partial charge in [-0.3, -0.25) is 4.79 Å². The molecular formula is C13H18Br2N2O2. The summed E-state index contributed by atoms with van der Waals surface area (Å²) in [6, 6.07) is 4.03. The van der Waals surface area contributed by atoms with Gasteiger partial charge in [0.05, 0.1) is 22.0 Å². The van der Waals surface area contributed by atoms with Crippen molar-refractivity contribution in [2.24, 2.45) is 0 Å². The van der Waals surface area contributed by atoms with Gasteiger partial charge in [0.25, 0.3) is 0 Å². The fourth-order valence-electron chi connectivity index (χ4n) is 1.49. The smallest absolute Gasteiger partial charge is 0.223 e. The molecule has 0 saturated heterocycles. The summed E-state index contributed by atoms with van der Waals surface area (Å²) in [5, 5.41) is 5.83. The molecule has 0 unspecified atom stereocenters. The number of hydrogen-bond donors (Lipinski definition) is 2. The van der Waals surface area contributed by atoms with Gasteiger partial charge in [-0.15, -0.1) is 0 Å². The average molecular weight is 394 g/mol. The summed E-state index contributed by atoms with van der Waals surface area (Å²) >= 11 is 6.98. The predicted molar refractivity (Wildman–Crippen MR) is 83.4 cm³/mol. The summed E-state index contributed by atoms with van der Waals surface area (Å²) in [6.45, 7) is 4.16. The van der Waals surface area contributed by atoms with Crippen LogP contribution < -0.4 is 15.4 Å². The van der Waals surface area contributed by atoms with Crippen LogP contribution in [0.3, 0.4) is 0 Å². The van der Waals surface area contributed by atoms with E-state index in [0.29, 0.717) is 13.0 Å². The van der Waals surface area contributed by atoms with E-state index in [1.807, 2.05) is 12.1 Å². The number of ether oxygens (including phenoxy) is 1. The quantitative estimate of drug-likeness (QED) is 0.748. The van der Waals surface area contributed by atoms with Crippen molar-refractivity contribution >= 4 is 37.8 Å². The Balaban J connectivity index is 2.66. The maximum Gasteiger partial charge on any atom is 0.223 e. The first kappa shape index (κ1) is 16.5. The van der Waals surface area contributed by atoms with Crippen molar-refractivity contribution in [3.63, 3.8) is 0 Å². The second-order valence-corrected chi connectivity index (χ2v) is 5.65. The zero-order chi connectivity index (χ0) is 14.3. The molecule has 1 amide bonds. The minimum Gasteiger partial charge on any atom is -0.491 e. The first-order chi connectivity index (χ1) is 9.08. The lowest BCUT2D eigenvalue weighted by atomic mass is 10.2. The second-order valence-electron chi connectivity index (χ2n) is 3.94. The number of halogens is 2. The van der Waals surface area contributed by atoms with Gasteiger partial charge in [0, 0.05) is 13.6 Å². The molecule has 0 bridgehead atoms. The molecule has 0 aliphatic carbocycles. The van der Waals surface area contributed by atoms with Crippen molar-refractivity contribution in [1.82, 2.24) is 10.6 Å². The Kier molecular flexibility index (Phi) is 7.41. The van der Waals surface area contributed by atoms with Crippen molar-refractivity contribution in [2.45, 2.75) is 19.9 Å². The number of nitrogens with one attached hydrogen (secondary N) is 2. The fourth-order valence-corrected chi connectivity index (χ4v) is 3.00. The van der Waals surface area contributed by atoms with Crippen LogP contribution in [0.15, 0.2) is 21.1 Å². The van der Waals surface area contributed by atoms with Gasteiger partial charge in [-0.25, -0.2) is 0 Å². The Hall–Kier alpha value is -0.590. The van der Waals surface area contributed by atoms with Crippen LogP contribution >= 0.6 is 31.9 Å². The summed E-state index contributed by atoms with van der Waals surface area (Å²) in [5.41, 5.74) is 1.17. The molecule has 0 fully saturated rings. The van der Waals surface area contributed by atoms with E-state index in [2.05, 4.69) is 49.4 Å². The molecule has 1 aromatic carbocycles. The van der Waals surface area contributed by atoms with Crippen LogP contribution in [0.2, 0.25) is 0 Å². The van der Waals surface area contributed by atoms with Gasteiger partial charge in [-0.2, -0.15) is 0 Å². The summed E-state index contributed by atoms with van der Waals surface area (Å²) < 4.78 is 7.39. The van der Waals surface area contributed by atoms with Gasteiger partial charge >= 0.3 is 0 Å². The van der Waals surface area contributed by atoms with E-state index in [4.69, 9.17) is 4.74 Å². The first-order valence-electron chi connectivity index (χ1n) is 6.10. The first-order valence-corrected chi connectivity index (χ1v) is 7.69. The van der Waals surface area contributed by atoms with Gasteiger partial charge in [0.1, 0.15) is 5.75 Å². The van der Waals surface area contributed by atoms with Crippen LogP contribution in [0.1, 0.15) is 18.9 Å². The van der Waals surface area contributed by atoms with E-state index >= 15 is 0 Å². The molecule has 0 radical (unpaired) electrons. The van der Waals surface area contributed by atoms with E-state index in [1.165, 1.54) is 5.56 Å². The highest BCUT2D eigenvalue weighted by atomic mass is 79.9. The van der Waals surface area contributed by atoms with E-state index in [-0.39, 0.29) is 5.91 Å². The Labute approximate surface area is 130 Å². The Morgan fingerprint density at radius 3 is 2.47 bits per heavy atom. The Bertz CT molecular complexity index is 416. The molecule has 19 heavy (non-hydrogen) atoms. The minimum atomic E-state index is -0.0315. The Morgan fingerprint density at radius 2 is 1.95 bits per heavy atom. The molecule has 2 N–H and O–H groups in total. The third kappa shape index (κ3) is 5.50. The van der Waals surface area contributed by atoms with Crippen LogP contribution in [0.25, 0.3) is 0 Å². The van der Waals surface area contributed by atoms with E-state index in [1.54, 1.807) is 7.05 Å². The SMILES string of the molecule is CCNCc1cc(Br)c(OCCC(=O)NC)c(Br)c1. The molecule has 106 valence electrons. The minimum absolute atomic E-state index is 0.0315. The van der Waals surface area contributed by atoms with Crippen LogP contribution in [-0.2, 0) is 11.3 Å². The van der Waals surface area contributed by atoms with Crippen LogP contribution in [0.5, 0.6) is 5.75 Å². The fraction of sp³-hybridized carbons (Fsp3) is 0.462. The van der Waals surface area contributed by atoms with E-state index in [9.17, 15) is 4.79 Å². The normalized spacial score (nSPS) is 10.3. The average Bonchev–Trinajstić information content (AvgIpc) is 2.39. The molecule has 4 nitrogen and oxygen atoms in total. The molecule has 6 heteroatoms. The third-order valence-corrected chi connectivity index (χ3v) is 3.67. The number of amides is 1. The molecular weight excluding hydrogens is 376 g/mol. The molecule has 0 heterocycles. The van der Waals surface area contributed by atoms with Gasteiger partial charge < -0.3 is 15.4 Å². The largest absolute Gasteiger partial charge is 0.491 e. The van der Waals surface area contributed by atoms with Gasteiger partial charge in [0.2, 0.25) is 5.91 Å². The van der Waals surface area contributed by atoms with Crippen LogP contribution in [-0.4, -0.2) is 26.1 Å². The molecule has 0 aliphatic rings. The molecule has 0 aliphatic heterocycles. The second kappa shape index (κ2) is 8.55. The number of hydrogen-bond acceptors (Lipinski definition) is 3. The summed E-state index contributed by atoms with van der Waals surface area (Å²) in [4.78, 5) is 11.1. The standard InChI is InChI=1S/C13H18Br2N2O2/c1-3-17-8-9-6-10(14)13(11(15)7-9)19-5-4-12(18)16-2/h6-7,17H,3-5,8H2,1-2H3,(H,16,18). The molecule has 1 rings (SSSR count). The Morgan fingerprint density at radius 1 is 1.32 bits per heavy atom. The molecule has 1 aromatic rings. The third-order valence-electron chi connectivity index (χ3n) is 2.49. The molecule has 0 aromatic heterocycles. The number of benzene rings is 1. The lowest BCUT2D eigenvalue weighted by Crippen LogP contribution is -2.20. The van der Waals surface area contributed by atoms with Crippen molar-refractivity contribution in [2.75, 3.05) is 20.2 Å². The maximum absolute atomic E-state index is 11.1. The monoisotopic (exact) mass is 392 g/mol. The molecule has 0 atom stereocenters. The predicted octanol–water partition coefficient (Wildman–Crippen LogP) is 2.84. The highest BCUT2D eigenvalue weighted by Crippen LogP contribution is 2.34. The molecule has 0 saturated carbocycles. The van der Waals surface area contributed by atoms with Gasteiger partial charge in [0.15, 0.2) is 0 Å². The maximum atomic E-state index is 11.1. The van der Waals surface area contributed by atoms with E-state index < -0.39 is 0 Å².